The number of nitrogens with one attached hydrogen (secondary N) is 1. The van der Waals surface area contributed by atoms with Crippen LogP contribution in [0.2, 0.25) is 0 Å². The Bertz CT molecular complexity index is 570. The van der Waals surface area contributed by atoms with Crippen LogP contribution in [-0.2, 0) is 13.0 Å². The molecule has 0 saturated carbocycles. The molecule has 1 N–H and O–H groups in total. The van der Waals surface area contributed by atoms with Gasteiger partial charge in [0.15, 0.2) is 0 Å². The van der Waals surface area contributed by atoms with Gasteiger partial charge in [0.1, 0.15) is 18.0 Å². The first-order valence-corrected chi connectivity index (χ1v) is 7.50. The van der Waals surface area contributed by atoms with Gasteiger partial charge in [0.2, 0.25) is 0 Å². The van der Waals surface area contributed by atoms with Gasteiger partial charge in [-0.3, -0.25) is 4.68 Å². The first-order chi connectivity index (χ1) is 9.65. The van der Waals surface area contributed by atoms with Crippen LogP contribution >= 0.6 is 15.9 Å². The van der Waals surface area contributed by atoms with Crippen LogP contribution in [0.25, 0.3) is 0 Å². The standard InChI is InChI=1S/C14H18BrFN4/c1-3-17-13(8-14-18-9-19-20(14)4-2)10-5-6-12(16)11(15)7-10/h5-7,9,13,17H,3-4,8H2,1-2H3. The van der Waals surface area contributed by atoms with Crippen LogP contribution in [0.3, 0.4) is 0 Å². The fraction of sp³-hybridized carbons (Fsp3) is 0.429. The predicted molar refractivity (Wildman–Crippen MR) is 79.9 cm³/mol. The molecular weight excluding hydrogens is 323 g/mol. The molecule has 2 aromatic rings. The molecule has 0 amide bonds. The molecule has 0 radical (unpaired) electrons. The van der Waals surface area contributed by atoms with Crippen LogP contribution < -0.4 is 5.32 Å². The molecule has 1 aromatic carbocycles. The van der Waals surface area contributed by atoms with E-state index in [-0.39, 0.29) is 11.9 Å². The van der Waals surface area contributed by atoms with Gasteiger partial charge < -0.3 is 5.32 Å². The summed E-state index contributed by atoms with van der Waals surface area (Å²) in [4.78, 5) is 4.30. The van der Waals surface area contributed by atoms with Gasteiger partial charge in [0.25, 0.3) is 0 Å². The highest BCUT2D eigenvalue weighted by Crippen LogP contribution is 2.23. The third-order valence-electron chi connectivity index (χ3n) is 3.18. The van der Waals surface area contributed by atoms with Crippen molar-refractivity contribution in [2.45, 2.75) is 32.9 Å². The molecular formula is C14H18BrFN4. The molecule has 0 bridgehead atoms. The molecule has 2 rings (SSSR count). The Kier molecular flexibility index (Phi) is 5.25. The summed E-state index contributed by atoms with van der Waals surface area (Å²) in [6.07, 6.45) is 2.29. The van der Waals surface area contributed by atoms with Gasteiger partial charge in [-0.15, -0.1) is 0 Å². The fourth-order valence-electron chi connectivity index (χ4n) is 2.18. The van der Waals surface area contributed by atoms with Crippen LogP contribution in [0.1, 0.15) is 31.3 Å². The molecule has 20 heavy (non-hydrogen) atoms. The lowest BCUT2D eigenvalue weighted by Gasteiger charge is -2.18. The maximum absolute atomic E-state index is 13.4. The highest BCUT2D eigenvalue weighted by atomic mass is 79.9. The van der Waals surface area contributed by atoms with Crippen LogP contribution in [0.4, 0.5) is 4.39 Å². The maximum atomic E-state index is 13.4. The molecule has 1 aromatic heterocycles. The van der Waals surface area contributed by atoms with Crippen molar-refractivity contribution >= 4 is 15.9 Å². The Balaban J connectivity index is 2.24. The lowest BCUT2D eigenvalue weighted by molar-refractivity contribution is 0.508. The van der Waals surface area contributed by atoms with Crippen LogP contribution in [0, 0.1) is 5.82 Å². The minimum absolute atomic E-state index is 0.0893. The Labute approximate surface area is 126 Å². The molecule has 0 aliphatic carbocycles. The molecule has 0 spiro atoms. The van der Waals surface area contributed by atoms with E-state index in [9.17, 15) is 4.39 Å². The summed E-state index contributed by atoms with van der Waals surface area (Å²) in [5, 5.41) is 7.59. The number of nitrogens with zero attached hydrogens (tertiary/aromatic N) is 3. The first-order valence-electron chi connectivity index (χ1n) is 6.70. The van der Waals surface area contributed by atoms with Crippen molar-refractivity contribution in [3.8, 4) is 0 Å². The summed E-state index contributed by atoms with van der Waals surface area (Å²) in [5.41, 5.74) is 1.03. The normalized spacial score (nSPS) is 12.6. The number of hydrogen-bond acceptors (Lipinski definition) is 3. The summed E-state index contributed by atoms with van der Waals surface area (Å²) in [6.45, 7) is 5.71. The van der Waals surface area contributed by atoms with Crippen molar-refractivity contribution in [2.75, 3.05) is 6.54 Å². The van der Waals surface area contributed by atoms with Gasteiger partial charge in [0, 0.05) is 19.0 Å². The van der Waals surface area contributed by atoms with E-state index in [1.807, 2.05) is 17.7 Å². The van der Waals surface area contributed by atoms with Gasteiger partial charge in [-0.2, -0.15) is 5.10 Å². The summed E-state index contributed by atoms with van der Waals surface area (Å²) in [7, 11) is 0. The zero-order valence-corrected chi connectivity index (χ0v) is 13.2. The number of halogens is 2. The minimum atomic E-state index is -0.249. The third kappa shape index (κ3) is 3.43. The molecule has 108 valence electrons. The minimum Gasteiger partial charge on any atom is -0.310 e. The predicted octanol–water partition coefficient (Wildman–Crippen LogP) is 3.09. The number of hydrogen-bond donors (Lipinski definition) is 1. The Morgan fingerprint density at radius 3 is 2.85 bits per heavy atom. The lowest BCUT2D eigenvalue weighted by Crippen LogP contribution is -2.24. The molecule has 0 saturated heterocycles. The summed E-state index contributed by atoms with van der Waals surface area (Å²) in [5.74, 6) is 0.680. The van der Waals surface area contributed by atoms with E-state index in [0.29, 0.717) is 4.47 Å². The van der Waals surface area contributed by atoms with Crippen molar-refractivity contribution in [1.29, 1.82) is 0 Å². The van der Waals surface area contributed by atoms with Gasteiger partial charge >= 0.3 is 0 Å². The van der Waals surface area contributed by atoms with Crippen molar-refractivity contribution < 1.29 is 4.39 Å². The Morgan fingerprint density at radius 2 is 2.20 bits per heavy atom. The molecule has 0 aliphatic heterocycles. The van der Waals surface area contributed by atoms with Crippen LogP contribution in [0.5, 0.6) is 0 Å². The van der Waals surface area contributed by atoms with E-state index in [1.54, 1.807) is 12.4 Å². The van der Waals surface area contributed by atoms with Gasteiger partial charge in [0.05, 0.1) is 4.47 Å². The number of aryl methyl sites for hydroxylation is 1. The lowest BCUT2D eigenvalue weighted by atomic mass is 10.0. The van der Waals surface area contributed by atoms with E-state index in [4.69, 9.17) is 0 Å². The average Bonchev–Trinajstić information content (AvgIpc) is 2.88. The molecule has 6 heteroatoms. The van der Waals surface area contributed by atoms with Gasteiger partial charge in [-0.1, -0.05) is 13.0 Å². The zero-order valence-electron chi connectivity index (χ0n) is 11.6. The van der Waals surface area contributed by atoms with E-state index in [2.05, 4.69) is 38.3 Å². The van der Waals surface area contributed by atoms with Gasteiger partial charge in [-0.25, -0.2) is 9.37 Å². The second kappa shape index (κ2) is 6.95. The summed E-state index contributed by atoms with van der Waals surface area (Å²) >= 11 is 3.24. The molecule has 1 unspecified atom stereocenters. The Morgan fingerprint density at radius 1 is 1.40 bits per heavy atom. The number of benzene rings is 1. The molecule has 0 fully saturated rings. The van der Waals surface area contributed by atoms with Crippen molar-refractivity contribution in [3.63, 3.8) is 0 Å². The molecule has 0 aliphatic rings. The van der Waals surface area contributed by atoms with Crippen LogP contribution in [0.15, 0.2) is 29.0 Å². The highest BCUT2D eigenvalue weighted by Gasteiger charge is 2.16. The maximum Gasteiger partial charge on any atom is 0.138 e. The van der Waals surface area contributed by atoms with E-state index < -0.39 is 0 Å². The van der Waals surface area contributed by atoms with Crippen LogP contribution in [-0.4, -0.2) is 21.3 Å². The fourth-order valence-corrected chi connectivity index (χ4v) is 2.57. The average molecular weight is 341 g/mol. The quantitative estimate of drug-likeness (QED) is 0.878. The highest BCUT2D eigenvalue weighted by molar-refractivity contribution is 9.10. The van der Waals surface area contributed by atoms with Crippen molar-refractivity contribution in [3.05, 3.63) is 46.2 Å². The SMILES string of the molecule is CCNC(Cc1ncnn1CC)c1ccc(F)c(Br)c1. The topological polar surface area (TPSA) is 42.7 Å². The zero-order chi connectivity index (χ0) is 14.5. The van der Waals surface area contributed by atoms with E-state index in [1.165, 1.54) is 6.07 Å². The first kappa shape index (κ1) is 15.1. The molecule has 1 heterocycles. The van der Waals surface area contributed by atoms with E-state index >= 15 is 0 Å². The summed E-state index contributed by atoms with van der Waals surface area (Å²) in [6, 6.07) is 5.19. The van der Waals surface area contributed by atoms with Crippen molar-refractivity contribution in [1.82, 2.24) is 20.1 Å². The Hall–Kier alpha value is -1.27. The number of rotatable bonds is 6. The monoisotopic (exact) mass is 340 g/mol. The number of likely N-dealkylation sites (N-methyl/N-ethyl adjacent to an activating group) is 1. The van der Waals surface area contributed by atoms with Gasteiger partial charge in [-0.05, 0) is 47.1 Å². The second-order valence-corrected chi connectivity index (χ2v) is 5.33. The largest absolute Gasteiger partial charge is 0.310 e. The van der Waals surface area contributed by atoms with E-state index in [0.717, 1.165) is 30.9 Å². The third-order valence-corrected chi connectivity index (χ3v) is 3.79. The number of aromatic nitrogens is 3. The summed E-state index contributed by atoms with van der Waals surface area (Å²) < 4.78 is 15.7. The molecule has 4 nitrogen and oxygen atoms in total. The van der Waals surface area contributed by atoms with Crippen molar-refractivity contribution in [2.24, 2.45) is 0 Å². The second-order valence-electron chi connectivity index (χ2n) is 4.48. The molecule has 1 atom stereocenters. The smallest absolute Gasteiger partial charge is 0.138 e.